The van der Waals surface area contributed by atoms with Crippen molar-refractivity contribution in [3.63, 3.8) is 0 Å². The topological polar surface area (TPSA) is 75.4 Å². The number of primary amides is 1. The molecule has 15 heavy (non-hydrogen) atoms. The Bertz CT molecular complexity index is 280. The van der Waals surface area contributed by atoms with Crippen LogP contribution in [-0.4, -0.2) is 42.4 Å². The molecule has 3 N–H and O–H groups in total. The number of nitrogens with two attached hydrogens (primary N) is 1. The molecule has 2 aliphatic rings. The number of fused-ring (bicyclic) bond motifs is 1. The largest absolute Gasteiger partial charge is 0.368 e. The Balaban J connectivity index is 2.09. The van der Waals surface area contributed by atoms with Gasteiger partial charge in [-0.15, -0.1) is 0 Å². The first-order valence-corrected chi connectivity index (χ1v) is 5.47. The minimum atomic E-state index is -0.414. The van der Waals surface area contributed by atoms with Crippen molar-refractivity contribution in [2.45, 2.75) is 25.3 Å². The molecule has 0 saturated carbocycles. The lowest BCUT2D eigenvalue weighted by atomic mass is 9.84. The van der Waals surface area contributed by atoms with Gasteiger partial charge in [0.25, 0.3) is 0 Å². The molecule has 5 nitrogen and oxygen atoms in total. The van der Waals surface area contributed by atoms with Gasteiger partial charge >= 0.3 is 0 Å². The van der Waals surface area contributed by atoms with E-state index in [9.17, 15) is 9.59 Å². The van der Waals surface area contributed by atoms with Crippen LogP contribution in [0.25, 0.3) is 0 Å². The third-order valence-corrected chi connectivity index (χ3v) is 3.34. The van der Waals surface area contributed by atoms with Gasteiger partial charge in [-0.05, 0) is 31.8 Å². The first-order valence-electron chi connectivity index (χ1n) is 5.47. The zero-order valence-corrected chi connectivity index (χ0v) is 8.74. The van der Waals surface area contributed by atoms with Crippen molar-refractivity contribution in [1.29, 1.82) is 0 Å². The Hall–Kier alpha value is -1.10. The average molecular weight is 211 g/mol. The summed E-state index contributed by atoms with van der Waals surface area (Å²) in [6, 6.07) is 0.222. The molecule has 0 aromatic heterocycles. The van der Waals surface area contributed by atoms with E-state index in [-0.39, 0.29) is 18.5 Å². The van der Waals surface area contributed by atoms with E-state index < -0.39 is 5.91 Å². The number of nitrogens with one attached hydrogen (secondary N) is 1. The fourth-order valence-electron chi connectivity index (χ4n) is 2.62. The molecule has 0 spiro atoms. The van der Waals surface area contributed by atoms with Crippen molar-refractivity contribution in [3.05, 3.63) is 0 Å². The predicted octanol–water partition coefficient (Wildman–Crippen LogP) is -0.928. The summed E-state index contributed by atoms with van der Waals surface area (Å²) in [6.07, 6.45) is 2.42. The SMILES string of the molecule is NC(=O)CN1C(=O)CCC2CNCCC21. The van der Waals surface area contributed by atoms with Crippen molar-refractivity contribution in [2.24, 2.45) is 11.7 Å². The van der Waals surface area contributed by atoms with Gasteiger partial charge in [-0.1, -0.05) is 0 Å². The summed E-state index contributed by atoms with van der Waals surface area (Å²) in [7, 11) is 0. The Morgan fingerprint density at radius 1 is 1.53 bits per heavy atom. The molecular formula is C10H17N3O2. The van der Waals surface area contributed by atoms with Crippen LogP contribution < -0.4 is 11.1 Å². The zero-order valence-electron chi connectivity index (χ0n) is 8.74. The summed E-state index contributed by atoms with van der Waals surface area (Å²) in [5.74, 6) is 0.162. The lowest BCUT2D eigenvalue weighted by molar-refractivity contribution is -0.143. The molecule has 2 amide bonds. The third-order valence-electron chi connectivity index (χ3n) is 3.34. The van der Waals surface area contributed by atoms with Gasteiger partial charge in [0.1, 0.15) is 0 Å². The Morgan fingerprint density at radius 3 is 3.07 bits per heavy atom. The number of carbonyl (C=O) groups excluding carboxylic acids is 2. The lowest BCUT2D eigenvalue weighted by Crippen LogP contribution is -2.56. The Morgan fingerprint density at radius 2 is 2.33 bits per heavy atom. The van der Waals surface area contributed by atoms with Gasteiger partial charge < -0.3 is 16.0 Å². The Labute approximate surface area is 89.0 Å². The van der Waals surface area contributed by atoms with E-state index in [4.69, 9.17) is 5.73 Å². The average Bonchev–Trinajstić information content (AvgIpc) is 2.22. The van der Waals surface area contributed by atoms with Crippen molar-refractivity contribution in [2.75, 3.05) is 19.6 Å². The number of hydrogen-bond donors (Lipinski definition) is 2. The maximum Gasteiger partial charge on any atom is 0.237 e. The highest BCUT2D eigenvalue weighted by atomic mass is 16.2. The van der Waals surface area contributed by atoms with Gasteiger partial charge in [-0.25, -0.2) is 0 Å². The van der Waals surface area contributed by atoms with Gasteiger partial charge in [0.2, 0.25) is 11.8 Å². The summed E-state index contributed by atoms with van der Waals surface area (Å²) < 4.78 is 0. The fourth-order valence-corrected chi connectivity index (χ4v) is 2.62. The molecule has 2 heterocycles. The molecule has 2 aliphatic heterocycles. The molecule has 2 saturated heterocycles. The summed E-state index contributed by atoms with van der Waals surface area (Å²) in [5, 5.41) is 3.32. The number of piperidine rings is 2. The number of nitrogens with zero attached hydrogens (tertiary/aromatic N) is 1. The standard InChI is InChI=1S/C10H17N3O2/c11-9(14)6-13-8-3-4-12-5-7(8)1-2-10(13)15/h7-8,12H,1-6H2,(H2,11,14). The molecule has 5 heteroatoms. The maximum atomic E-state index is 11.7. The zero-order chi connectivity index (χ0) is 10.8. The van der Waals surface area contributed by atoms with Crippen LogP contribution in [0.2, 0.25) is 0 Å². The Kier molecular flexibility index (Phi) is 2.90. The first kappa shape index (κ1) is 10.4. The molecule has 84 valence electrons. The van der Waals surface area contributed by atoms with Crippen LogP contribution >= 0.6 is 0 Å². The second-order valence-corrected chi connectivity index (χ2v) is 4.35. The van der Waals surface area contributed by atoms with Crippen LogP contribution in [0, 0.1) is 5.92 Å². The van der Waals surface area contributed by atoms with Crippen LogP contribution in [0.1, 0.15) is 19.3 Å². The number of likely N-dealkylation sites (tertiary alicyclic amines) is 1. The number of amides is 2. The van der Waals surface area contributed by atoms with Crippen molar-refractivity contribution in [1.82, 2.24) is 10.2 Å². The highest BCUT2D eigenvalue weighted by Gasteiger charge is 2.37. The van der Waals surface area contributed by atoms with Crippen LogP contribution in [0.4, 0.5) is 0 Å². The molecule has 0 aliphatic carbocycles. The van der Waals surface area contributed by atoms with Crippen LogP contribution in [0.15, 0.2) is 0 Å². The molecule has 2 unspecified atom stereocenters. The lowest BCUT2D eigenvalue weighted by Gasteiger charge is -2.43. The minimum absolute atomic E-state index is 0.0805. The van der Waals surface area contributed by atoms with Gasteiger partial charge in [-0.2, -0.15) is 0 Å². The second-order valence-electron chi connectivity index (χ2n) is 4.35. The molecular weight excluding hydrogens is 194 g/mol. The van der Waals surface area contributed by atoms with Gasteiger partial charge in [0, 0.05) is 12.5 Å². The van der Waals surface area contributed by atoms with Crippen molar-refractivity contribution < 1.29 is 9.59 Å². The maximum absolute atomic E-state index is 11.7. The molecule has 0 aromatic carbocycles. The van der Waals surface area contributed by atoms with E-state index in [2.05, 4.69) is 5.32 Å². The number of hydrogen-bond acceptors (Lipinski definition) is 3. The summed E-state index contributed by atoms with van der Waals surface area (Å²) in [6.45, 7) is 1.96. The summed E-state index contributed by atoms with van der Waals surface area (Å²) >= 11 is 0. The van der Waals surface area contributed by atoms with Crippen LogP contribution in [-0.2, 0) is 9.59 Å². The van der Waals surface area contributed by atoms with E-state index in [0.29, 0.717) is 12.3 Å². The van der Waals surface area contributed by atoms with Crippen LogP contribution in [0.3, 0.4) is 0 Å². The minimum Gasteiger partial charge on any atom is -0.368 e. The molecule has 2 atom stereocenters. The predicted molar refractivity (Wildman–Crippen MR) is 54.9 cm³/mol. The first-order chi connectivity index (χ1) is 7.18. The van der Waals surface area contributed by atoms with Crippen molar-refractivity contribution >= 4 is 11.8 Å². The van der Waals surface area contributed by atoms with Gasteiger partial charge in [0.15, 0.2) is 0 Å². The fraction of sp³-hybridized carbons (Fsp3) is 0.800. The summed E-state index contributed by atoms with van der Waals surface area (Å²) in [5.41, 5.74) is 5.16. The normalized spacial score (nSPS) is 31.2. The molecule has 0 bridgehead atoms. The number of carbonyl (C=O) groups is 2. The van der Waals surface area contributed by atoms with E-state index in [1.54, 1.807) is 4.90 Å². The van der Waals surface area contributed by atoms with Gasteiger partial charge in [0.05, 0.1) is 6.54 Å². The summed E-state index contributed by atoms with van der Waals surface area (Å²) in [4.78, 5) is 24.3. The molecule has 2 rings (SSSR count). The number of rotatable bonds is 2. The van der Waals surface area contributed by atoms with Gasteiger partial charge in [-0.3, -0.25) is 9.59 Å². The van der Waals surface area contributed by atoms with Crippen molar-refractivity contribution in [3.8, 4) is 0 Å². The quantitative estimate of drug-likeness (QED) is 0.620. The van der Waals surface area contributed by atoms with Crippen LogP contribution in [0.5, 0.6) is 0 Å². The highest BCUT2D eigenvalue weighted by molar-refractivity contribution is 5.84. The smallest absolute Gasteiger partial charge is 0.237 e. The van der Waals surface area contributed by atoms with E-state index >= 15 is 0 Å². The molecule has 0 radical (unpaired) electrons. The second kappa shape index (κ2) is 4.18. The highest BCUT2D eigenvalue weighted by Crippen LogP contribution is 2.27. The third kappa shape index (κ3) is 2.12. The van der Waals surface area contributed by atoms with E-state index in [1.165, 1.54) is 0 Å². The van der Waals surface area contributed by atoms with E-state index in [0.717, 1.165) is 25.9 Å². The molecule has 2 fully saturated rings. The monoisotopic (exact) mass is 211 g/mol. The van der Waals surface area contributed by atoms with E-state index in [1.807, 2.05) is 0 Å². The molecule has 0 aromatic rings.